The van der Waals surface area contributed by atoms with Crippen molar-refractivity contribution in [2.24, 2.45) is 0 Å². The minimum Gasteiger partial charge on any atom is -0.296 e. The minimum absolute atomic E-state index is 0.417. The summed E-state index contributed by atoms with van der Waals surface area (Å²) in [5.74, 6) is 0. The van der Waals surface area contributed by atoms with Crippen LogP contribution in [0.2, 0.25) is 0 Å². The first-order valence-electron chi connectivity index (χ1n) is 3.92. The topological polar surface area (TPSA) is 47.8 Å². The number of halogens is 1. The standard InChI is InChI=1S/C9H6BrN3O/c10-9-3-4-13(12-9)8-2-1-7(6-14)11-5-8/h1-6H. The lowest BCUT2D eigenvalue weighted by Gasteiger charge is -1.99. The maximum absolute atomic E-state index is 10.4. The van der Waals surface area contributed by atoms with Gasteiger partial charge in [0.2, 0.25) is 0 Å². The Morgan fingerprint density at radius 1 is 1.36 bits per heavy atom. The number of nitrogens with zero attached hydrogens (tertiary/aromatic N) is 3. The average Bonchev–Trinajstić information content (AvgIpc) is 2.65. The van der Waals surface area contributed by atoms with Gasteiger partial charge in [0.25, 0.3) is 0 Å². The van der Waals surface area contributed by atoms with Gasteiger partial charge in [0.1, 0.15) is 10.3 Å². The van der Waals surface area contributed by atoms with Crippen molar-refractivity contribution in [2.75, 3.05) is 0 Å². The fourth-order valence-electron chi connectivity index (χ4n) is 1.05. The lowest BCUT2D eigenvalue weighted by atomic mass is 10.3. The van der Waals surface area contributed by atoms with Crippen LogP contribution in [0.25, 0.3) is 5.69 Å². The molecule has 14 heavy (non-hydrogen) atoms. The Hall–Kier alpha value is -1.49. The highest BCUT2D eigenvalue weighted by molar-refractivity contribution is 9.10. The molecule has 0 fully saturated rings. The highest BCUT2D eigenvalue weighted by Crippen LogP contribution is 2.09. The number of carbonyl (C=O) groups is 1. The second-order valence-corrected chi connectivity index (χ2v) is 3.45. The SMILES string of the molecule is O=Cc1ccc(-n2ccc(Br)n2)cn1. The smallest absolute Gasteiger partial charge is 0.168 e. The highest BCUT2D eigenvalue weighted by Gasteiger charge is 1.99. The Morgan fingerprint density at radius 2 is 2.21 bits per heavy atom. The van der Waals surface area contributed by atoms with Gasteiger partial charge in [0, 0.05) is 6.20 Å². The van der Waals surface area contributed by atoms with Crippen molar-refractivity contribution in [1.82, 2.24) is 14.8 Å². The van der Waals surface area contributed by atoms with E-state index in [4.69, 9.17) is 0 Å². The van der Waals surface area contributed by atoms with E-state index in [1.54, 1.807) is 23.0 Å². The fraction of sp³-hybridized carbons (Fsp3) is 0. The van der Waals surface area contributed by atoms with Crippen LogP contribution in [0.1, 0.15) is 10.5 Å². The molecule has 2 aromatic rings. The van der Waals surface area contributed by atoms with Crippen LogP contribution in [-0.4, -0.2) is 21.1 Å². The minimum atomic E-state index is 0.417. The van der Waals surface area contributed by atoms with Gasteiger partial charge in [-0.2, -0.15) is 5.10 Å². The molecule has 0 aliphatic heterocycles. The van der Waals surface area contributed by atoms with E-state index in [-0.39, 0.29) is 0 Å². The molecule has 0 bridgehead atoms. The molecule has 0 aliphatic rings. The maximum atomic E-state index is 10.4. The van der Waals surface area contributed by atoms with E-state index in [1.807, 2.05) is 12.3 Å². The summed E-state index contributed by atoms with van der Waals surface area (Å²) in [7, 11) is 0. The van der Waals surface area contributed by atoms with E-state index in [0.29, 0.717) is 12.0 Å². The van der Waals surface area contributed by atoms with Gasteiger partial charge < -0.3 is 0 Å². The number of aromatic nitrogens is 3. The van der Waals surface area contributed by atoms with Crippen LogP contribution in [0.5, 0.6) is 0 Å². The molecule has 2 heterocycles. The lowest BCUT2D eigenvalue weighted by Crippen LogP contribution is -1.96. The number of rotatable bonds is 2. The first-order valence-corrected chi connectivity index (χ1v) is 4.71. The summed E-state index contributed by atoms with van der Waals surface area (Å²) in [4.78, 5) is 14.3. The van der Waals surface area contributed by atoms with E-state index in [9.17, 15) is 4.79 Å². The number of pyridine rings is 1. The van der Waals surface area contributed by atoms with Crippen LogP contribution in [-0.2, 0) is 0 Å². The van der Waals surface area contributed by atoms with Gasteiger partial charge in [-0.15, -0.1) is 0 Å². The Labute approximate surface area is 88.7 Å². The highest BCUT2D eigenvalue weighted by atomic mass is 79.9. The third-order valence-corrected chi connectivity index (χ3v) is 2.14. The van der Waals surface area contributed by atoms with Crippen molar-refractivity contribution < 1.29 is 4.79 Å². The van der Waals surface area contributed by atoms with Crippen LogP contribution in [0.3, 0.4) is 0 Å². The predicted octanol–water partition coefficient (Wildman–Crippen LogP) is 1.84. The van der Waals surface area contributed by atoms with Crippen molar-refractivity contribution in [2.45, 2.75) is 0 Å². The molecule has 70 valence electrons. The van der Waals surface area contributed by atoms with Crippen molar-refractivity contribution in [3.05, 3.63) is 40.9 Å². The fourth-order valence-corrected chi connectivity index (χ4v) is 1.34. The van der Waals surface area contributed by atoms with Crippen molar-refractivity contribution in [1.29, 1.82) is 0 Å². The zero-order valence-corrected chi connectivity index (χ0v) is 8.68. The molecule has 0 saturated heterocycles. The quantitative estimate of drug-likeness (QED) is 0.766. The number of aldehydes is 1. The second-order valence-electron chi connectivity index (χ2n) is 2.64. The molecule has 2 aromatic heterocycles. The zero-order chi connectivity index (χ0) is 9.97. The van der Waals surface area contributed by atoms with E-state index >= 15 is 0 Å². The summed E-state index contributed by atoms with van der Waals surface area (Å²) in [5, 5.41) is 4.14. The van der Waals surface area contributed by atoms with Crippen LogP contribution >= 0.6 is 15.9 Å². The molecular weight excluding hydrogens is 246 g/mol. The summed E-state index contributed by atoms with van der Waals surface area (Å²) >= 11 is 3.25. The molecule has 5 heteroatoms. The average molecular weight is 252 g/mol. The maximum Gasteiger partial charge on any atom is 0.168 e. The molecule has 0 aromatic carbocycles. The Balaban J connectivity index is 2.38. The Kier molecular flexibility index (Phi) is 2.41. The van der Waals surface area contributed by atoms with Crippen molar-refractivity contribution >= 4 is 22.2 Å². The monoisotopic (exact) mass is 251 g/mol. The van der Waals surface area contributed by atoms with Crippen LogP contribution in [0.15, 0.2) is 35.2 Å². The first kappa shape index (κ1) is 9.08. The van der Waals surface area contributed by atoms with Crippen molar-refractivity contribution in [3.8, 4) is 5.69 Å². The van der Waals surface area contributed by atoms with E-state index < -0.39 is 0 Å². The predicted molar refractivity (Wildman–Crippen MR) is 54.4 cm³/mol. The summed E-state index contributed by atoms with van der Waals surface area (Å²) in [5.41, 5.74) is 1.24. The molecule has 0 atom stereocenters. The molecule has 0 spiro atoms. The Bertz CT molecular complexity index is 449. The molecule has 0 amide bonds. The lowest BCUT2D eigenvalue weighted by molar-refractivity contribution is 0.111. The van der Waals surface area contributed by atoms with Crippen LogP contribution < -0.4 is 0 Å². The number of carbonyl (C=O) groups excluding carboxylic acids is 1. The molecule has 0 aliphatic carbocycles. The van der Waals surface area contributed by atoms with Crippen LogP contribution in [0.4, 0.5) is 0 Å². The van der Waals surface area contributed by atoms with Gasteiger partial charge in [-0.3, -0.25) is 9.78 Å². The molecular formula is C9H6BrN3O. The van der Waals surface area contributed by atoms with Gasteiger partial charge in [-0.25, -0.2) is 4.68 Å². The molecule has 0 radical (unpaired) electrons. The number of hydrogen-bond donors (Lipinski definition) is 0. The largest absolute Gasteiger partial charge is 0.296 e. The second kappa shape index (κ2) is 3.71. The molecule has 2 rings (SSSR count). The van der Waals surface area contributed by atoms with Gasteiger partial charge in [0.15, 0.2) is 6.29 Å². The molecule has 4 nitrogen and oxygen atoms in total. The Morgan fingerprint density at radius 3 is 2.71 bits per heavy atom. The summed E-state index contributed by atoms with van der Waals surface area (Å²) in [6.07, 6.45) is 4.12. The van der Waals surface area contributed by atoms with Crippen molar-refractivity contribution in [3.63, 3.8) is 0 Å². The third-order valence-electron chi connectivity index (χ3n) is 1.71. The zero-order valence-electron chi connectivity index (χ0n) is 7.09. The summed E-state index contributed by atoms with van der Waals surface area (Å²) in [6.45, 7) is 0. The summed E-state index contributed by atoms with van der Waals surface area (Å²) < 4.78 is 2.43. The first-order chi connectivity index (χ1) is 6.79. The van der Waals surface area contributed by atoms with Gasteiger partial charge >= 0.3 is 0 Å². The normalized spacial score (nSPS) is 10.1. The van der Waals surface area contributed by atoms with E-state index in [2.05, 4.69) is 26.0 Å². The third kappa shape index (κ3) is 1.72. The molecule has 0 saturated carbocycles. The van der Waals surface area contributed by atoms with Gasteiger partial charge in [-0.05, 0) is 34.1 Å². The molecule has 0 unspecified atom stereocenters. The number of hydrogen-bond acceptors (Lipinski definition) is 3. The summed E-state index contributed by atoms with van der Waals surface area (Å²) in [6, 6.07) is 5.27. The van der Waals surface area contributed by atoms with E-state index in [0.717, 1.165) is 10.3 Å². The molecule has 0 N–H and O–H groups in total. The van der Waals surface area contributed by atoms with Gasteiger partial charge in [0.05, 0.1) is 11.9 Å². The van der Waals surface area contributed by atoms with Crippen LogP contribution in [0, 0.1) is 0 Å². The van der Waals surface area contributed by atoms with Gasteiger partial charge in [-0.1, -0.05) is 0 Å². The van der Waals surface area contributed by atoms with E-state index in [1.165, 1.54) is 0 Å².